The summed E-state index contributed by atoms with van der Waals surface area (Å²) in [5, 5.41) is 3.89. The zero-order valence-electron chi connectivity index (χ0n) is 19.0. The summed E-state index contributed by atoms with van der Waals surface area (Å²) in [6.07, 6.45) is 6.53. The minimum absolute atomic E-state index is 0.765. The fraction of sp³-hybridized carbons (Fsp3) is 0.345. The average Bonchev–Trinajstić information content (AvgIpc) is 3.27. The van der Waals surface area contributed by atoms with Gasteiger partial charge in [-0.25, -0.2) is 0 Å². The molecule has 1 aliphatic heterocycles. The molecule has 1 saturated carbocycles. The van der Waals surface area contributed by atoms with Crippen molar-refractivity contribution in [2.45, 2.75) is 52.9 Å². The maximum absolute atomic E-state index is 6.83. The summed E-state index contributed by atoms with van der Waals surface area (Å²) in [5.74, 6) is 2.87. The molecule has 1 fully saturated rings. The first-order chi connectivity index (χ1) is 15.0. The first-order valence-corrected chi connectivity index (χ1v) is 11.7. The van der Waals surface area contributed by atoms with E-state index in [1.165, 1.54) is 80.9 Å². The molecule has 0 saturated heterocycles. The SMILES string of the molecule is Cc1cc2c3c(c(C)c(C)cc3c1)-c1c(c(CC3CCCC3)c3ccccc3[n+]1C)O2. The van der Waals surface area contributed by atoms with Gasteiger partial charge in [0.05, 0.1) is 10.9 Å². The normalized spacial score (nSPS) is 15.5. The number of aromatic nitrogens is 1. The third-order valence-corrected chi connectivity index (χ3v) is 7.70. The molecule has 2 heterocycles. The fourth-order valence-corrected chi connectivity index (χ4v) is 6.03. The van der Waals surface area contributed by atoms with Crippen molar-refractivity contribution in [2.75, 3.05) is 0 Å². The molecule has 0 amide bonds. The summed E-state index contributed by atoms with van der Waals surface area (Å²) in [4.78, 5) is 0. The minimum Gasteiger partial charge on any atom is -0.449 e. The van der Waals surface area contributed by atoms with E-state index >= 15 is 0 Å². The molecule has 1 aliphatic carbocycles. The topological polar surface area (TPSA) is 13.1 Å². The molecular formula is C29H30NO+. The van der Waals surface area contributed by atoms with Gasteiger partial charge in [0, 0.05) is 17.0 Å². The monoisotopic (exact) mass is 408 g/mol. The Morgan fingerprint density at radius 3 is 2.58 bits per heavy atom. The number of hydrogen-bond acceptors (Lipinski definition) is 1. The number of benzene rings is 3. The molecule has 0 spiro atoms. The Hall–Kier alpha value is -2.87. The summed E-state index contributed by atoms with van der Waals surface area (Å²) < 4.78 is 9.20. The Morgan fingerprint density at radius 2 is 1.77 bits per heavy atom. The third kappa shape index (κ3) is 2.74. The number of aryl methyl sites for hydroxylation is 3. The lowest BCUT2D eigenvalue weighted by molar-refractivity contribution is -0.633. The predicted octanol–water partition coefficient (Wildman–Crippen LogP) is 7.25. The van der Waals surface area contributed by atoms with E-state index < -0.39 is 0 Å². The van der Waals surface area contributed by atoms with E-state index in [4.69, 9.17) is 4.74 Å². The molecule has 31 heavy (non-hydrogen) atoms. The van der Waals surface area contributed by atoms with Crippen LogP contribution in [-0.2, 0) is 13.5 Å². The van der Waals surface area contributed by atoms with Gasteiger partial charge in [0.1, 0.15) is 12.8 Å². The van der Waals surface area contributed by atoms with Crippen LogP contribution in [0.4, 0.5) is 0 Å². The maximum Gasteiger partial charge on any atom is 0.257 e. The molecule has 156 valence electrons. The lowest BCUT2D eigenvalue weighted by Crippen LogP contribution is -2.34. The van der Waals surface area contributed by atoms with Gasteiger partial charge in [-0.1, -0.05) is 49.9 Å². The van der Waals surface area contributed by atoms with E-state index in [2.05, 4.69) is 74.9 Å². The smallest absolute Gasteiger partial charge is 0.257 e. The summed E-state index contributed by atoms with van der Waals surface area (Å²) in [6, 6.07) is 15.7. The van der Waals surface area contributed by atoms with Crippen LogP contribution in [0.1, 0.15) is 47.9 Å². The number of para-hydroxylation sites is 1. The average molecular weight is 409 g/mol. The lowest BCUT2D eigenvalue weighted by Gasteiger charge is -2.26. The highest BCUT2D eigenvalue weighted by Crippen LogP contribution is 2.50. The maximum atomic E-state index is 6.83. The van der Waals surface area contributed by atoms with Gasteiger partial charge in [-0.15, -0.1) is 0 Å². The Kier molecular flexibility index (Phi) is 4.15. The van der Waals surface area contributed by atoms with Crippen LogP contribution in [0.3, 0.4) is 0 Å². The van der Waals surface area contributed by atoms with Crippen LogP contribution >= 0.6 is 0 Å². The van der Waals surface area contributed by atoms with Crippen LogP contribution in [0.25, 0.3) is 32.9 Å². The zero-order chi connectivity index (χ0) is 21.3. The second kappa shape index (κ2) is 6.82. The Balaban J connectivity index is 1.75. The van der Waals surface area contributed by atoms with E-state index in [0.29, 0.717) is 0 Å². The van der Waals surface area contributed by atoms with Crippen molar-refractivity contribution in [3.05, 3.63) is 64.7 Å². The molecule has 0 N–H and O–H groups in total. The van der Waals surface area contributed by atoms with Crippen molar-refractivity contribution in [3.63, 3.8) is 0 Å². The van der Waals surface area contributed by atoms with E-state index in [0.717, 1.165) is 23.8 Å². The highest BCUT2D eigenvalue weighted by atomic mass is 16.5. The predicted molar refractivity (Wildman–Crippen MR) is 128 cm³/mol. The van der Waals surface area contributed by atoms with Crippen molar-refractivity contribution < 1.29 is 9.30 Å². The second-order valence-electron chi connectivity index (χ2n) is 9.74. The molecule has 2 aliphatic rings. The van der Waals surface area contributed by atoms with Gasteiger partial charge in [-0.2, -0.15) is 4.57 Å². The van der Waals surface area contributed by atoms with Crippen molar-refractivity contribution in [1.82, 2.24) is 0 Å². The highest BCUT2D eigenvalue weighted by molar-refractivity contribution is 6.06. The van der Waals surface area contributed by atoms with Crippen molar-refractivity contribution >= 4 is 21.7 Å². The number of nitrogens with zero attached hydrogens (tertiary/aromatic N) is 1. The van der Waals surface area contributed by atoms with E-state index in [1.54, 1.807) is 0 Å². The van der Waals surface area contributed by atoms with Crippen LogP contribution < -0.4 is 9.30 Å². The fourth-order valence-electron chi connectivity index (χ4n) is 6.03. The molecule has 0 bridgehead atoms. The highest BCUT2D eigenvalue weighted by Gasteiger charge is 2.35. The Bertz CT molecular complexity index is 1380. The zero-order valence-corrected chi connectivity index (χ0v) is 19.0. The molecule has 2 nitrogen and oxygen atoms in total. The molecule has 0 unspecified atom stereocenters. The third-order valence-electron chi connectivity index (χ3n) is 7.70. The van der Waals surface area contributed by atoms with E-state index in [-0.39, 0.29) is 0 Å². The van der Waals surface area contributed by atoms with Crippen molar-refractivity contribution in [2.24, 2.45) is 13.0 Å². The summed E-state index contributed by atoms with van der Waals surface area (Å²) in [6.45, 7) is 6.68. The van der Waals surface area contributed by atoms with Gasteiger partial charge < -0.3 is 4.74 Å². The van der Waals surface area contributed by atoms with Crippen LogP contribution in [0.2, 0.25) is 0 Å². The van der Waals surface area contributed by atoms with Gasteiger partial charge in [-0.05, 0) is 67.3 Å². The van der Waals surface area contributed by atoms with Crippen LogP contribution in [-0.4, -0.2) is 0 Å². The molecule has 2 heteroatoms. The van der Waals surface area contributed by atoms with Gasteiger partial charge in [0.15, 0.2) is 0 Å². The standard InChI is InChI=1S/C29H30NO/c1-17-13-21-15-18(2)19(3)26-27(21)25(14-17)31-29-23(16-20-9-5-6-10-20)22-11-7-8-12-24(22)30(4)28(26)29/h7-8,11-15,20H,5-6,9-10,16H2,1-4H3/q+1. The van der Waals surface area contributed by atoms with Gasteiger partial charge >= 0.3 is 0 Å². The molecule has 6 rings (SSSR count). The lowest BCUT2D eigenvalue weighted by atomic mass is 9.86. The molecule has 0 radical (unpaired) electrons. The first-order valence-electron chi connectivity index (χ1n) is 11.7. The molecule has 1 aromatic heterocycles. The second-order valence-corrected chi connectivity index (χ2v) is 9.74. The van der Waals surface area contributed by atoms with Crippen molar-refractivity contribution in [3.8, 4) is 22.8 Å². The largest absolute Gasteiger partial charge is 0.449 e. The first kappa shape index (κ1) is 18.9. The molecule has 0 atom stereocenters. The quantitative estimate of drug-likeness (QED) is 0.280. The minimum atomic E-state index is 0.765. The number of ether oxygens (including phenoxy) is 1. The Morgan fingerprint density at radius 1 is 1.00 bits per heavy atom. The summed E-state index contributed by atoms with van der Waals surface area (Å²) >= 11 is 0. The Labute approximate surface area is 184 Å². The van der Waals surface area contributed by atoms with E-state index in [9.17, 15) is 0 Å². The summed E-state index contributed by atoms with van der Waals surface area (Å²) in [5.41, 5.74) is 9.25. The summed E-state index contributed by atoms with van der Waals surface area (Å²) in [7, 11) is 2.21. The molecular weight excluding hydrogens is 378 g/mol. The van der Waals surface area contributed by atoms with Crippen molar-refractivity contribution in [1.29, 1.82) is 0 Å². The molecule has 4 aromatic rings. The van der Waals surface area contributed by atoms with Gasteiger partial charge in [0.2, 0.25) is 11.3 Å². The number of rotatable bonds is 2. The number of hydrogen-bond donors (Lipinski definition) is 0. The van der Waals surface area contributed by atoms with Gasteiger partial charge in [0.25, 0.3) is 5.69 Å². The van der Waals surface area contributed by atoms with Crippen LogP contribution in [0.5, 0.6) is 11.5 Å². The number of fused-ring (bicyclic) bond motifs is 3. The van der Waals surface area contributed by atoms with Gasteiger partial charge in [-0.3, -0.25) is 0 Å². The number of pyridine rings is 1. The van der Waals surface area contributed by atoms with E-state index in [1.807, 2.05) is 0 Å². The van der Waals surface area contributed by atoms with Crippen LogP contribution in [0, 0.1) is 26.7 Å². The van der Waals surface area contributed by atoms with Crippen LogP contribution in [0.15, 0.2) is 42.5 Å². The molecule has 3 aromatic carbocycles.